The Balaban J connectivity index is 2.29. The van der Waals surface area contributed by atoms with Gasteiger partial charge in [-0.15, -0.1) is 0 Å². The van der Waals surface area contributed by atoms with E-state index in [0.29, 0.717) is 25.8 Å². The van der Waals surface area contributed by atoms with Gasteiger partial charge in [0, 0.05) is 25.5 Å². The second-order valence-electron chi connectivity index (χ2n) is 5.57. The fourth-order valence-corrected chi connectivity index (χ4v) is 2.40. The molecule has 1 fully saturated rings. The highest BCUT2D eigenvalue weighted by Crippen LogP contribution is 2.17. The van der Waals surface area contributed by atoms with Crippen LogP contribution in [0.25, 0.3) is 0 Å². The first-order chi connectivity index (χ1) is 11.1. The zero-order valence-corrected chi connectivity index (χ0v) is 13.1. The first kappa shape index (κ1) is 18.9. The normalized spacial score (nSPS) is 18.4. The van der Waals surface area contributed by atoms with Crippen molar-refractivity contribution in [3.05, 3.63) is 0 Å². The molecule has 3 amide bonds. The van der Waals surface area contributed by atoms with Crippen LogP contribution >= 0.6 is 0 Å². The lowest BCUT2D eigenvalue weighted by atomic mass is 9.92. The third-order valence-corrected chi connectivity index (χ3v) is 3.67. The van der Waals surface area contributed by atoms with E-state index in [1.165, 1.54) is 0 Å². The molecule has 1 aliphatic rings. The van der Waals surface area contributed by atoms with Crippen molar-refractivity contribution in [2.24, 2.45) is 5.92 Å². The van der Waals surface area contributed by atoms with Crippen LogP contribution in [-0.4, -0.2) is 48.6 Å². The van der Waals surface area contributed by atoms with Crippen LogP contribution in [0.15, 0.2) is 0 Å². The van der Waals surface area contributed by atoms with Crippen LogP contribution in [0.3, 0.4) is 0 Å². The number of aliphatic hydroxyl groups is 1. The summed E-state index contributed by atoms with van der Waals surface area (Å²) in [5, 5.41) is 25.5. The van der Waals surface area contributed by atoms with E-state index in [-0.39, 0.29) is 43.7 Å². The number of unbranched alkanes of at least 4 members (excludes halogenated alkanes) is 1. The lowest BCUT2D eigenvalue weighted by molar-refractivity contribution is -0.128. The summed E-state index contributed by atoms with van der Waals surface area (Å²) in [5.74, 6) is -1.07. The molecular weight excluding hydrogens is 300 g/mol. The van der Waals surface area contributed by atoms with Crippen LogP contribution in [0, 0.1) is 17.2 Å². The van der Waals surface area contributed by atoms with Crippen molar-refractivity contribution >= 4 is 17.7 Å². The molecule has 128 valence electrons. The molecule has 1 saturated heterocycles. The number of nitrogens with one attached hydrogen (secondary N) is 3. The predicted molar refractivity (Wildman–Crippen MR) is 81.8 cm³/mol. The smallest absolute Gasteiger partial charge is 0.240 e. The maximum Gasteiger partial charge on any atom is 0.240 e. The number of rotatable bonds is 9. The van der Waals surface area contributed by atoms with Crippen LogP contribution in [0.1, 0.15) is 38.5 Å². The average molecular weight is 324 g/mol. The predicted octanol–water partition coefficient (Wildman–Crippen LogP) is -0.810. The van der Waals surface area contributed by atoms with Gasteiger partial charge in [-0.1, -0.05) is 0 Å². The van der Waals surface area contributed by atoms with E-state index in [9.17, 15) is 14.4 Å². The minimum absolute atomic E-state index is 0.0341. The second-order valence-corrected chi connectivity index (χ2v) is 5.57. The molecule has 1 unspecified atom stereocenters. The molecular formula is C15H24N4O4. The Hall–Kier alpha value is -2.14. The van der Waals surface area contributed by atoms with Crippen LogP contribution in [-0.2, 0) is 14.4 Å². The molecule has 0 bridgehead atoms. The Morgan fingerprint density at radius 2 is 2.17 bits per heavy atom. The number of carbonyl (C=O) groups excluding carboxylic acids is 3. The first-order valence-corrected chi connectivity index (χ1v) is 7.91. The summed E-state index contributed by atoms with van der Waals surface area (Å²) >= 11 is 0. The summed E-state index contributed by atoms with van der Waals surface area (Å²) in [6, 6.07) is 1.23. The fourth-order valence-electron chi connectivity index (χ4n) is 2.40. The summed E-state index contributed by atoms with van der Waals surface area (Å²) in [7, 11) is 0. The molecule has 2 atom stereocenters. The number of carbonyl (C=O) groups is 3. The number of aliphatic hydroxyl groups excluding tert-OH is 1. The highest BCUT2D eigenvalue weighted by molar-refractivity contribution is 5.85. The second kappa shape index (κ2) is 10.6. The molecule has 1 aliphatic heterocycles. The molecule has 1 heterocycles. The Morgan fingerprint density at radius 3 is 2.83 bits per heavy atom. The van der Waals surface area contributed by atoms with Crippen molar-refractivity contribution in [3.8, 4) is 6.07 Å². The monoisotopic (exact) mass is 324 g/mol. The molecule has 8 nitrogen and oxygen atoms in total. The van der Waals surface area contributed by atoms with Crippen molar-refractivity contribution < 1.29 is 19.5 Å². The Morgan fingerprint density at radius 1 is 1.39 bits per heavy atom. The SMILES string of the molecule is N#CC(C[C@@H]1CCCNC1=O)NC(=O)CNC(=O)CCCCO. The number of piperidine rings is 1. The standard InChI is InChI=1S/C15H24N4O4/c16-9-12(8-11-4-3-6-17-15(11)23)19-14(22)10-18-13(21)5-1-2-7-20/h11-12,20H,1-8,10H2,(H,17,23)(H,18,21)(H,19,22)/t11-,12?/m0/s1. The molecule has 0 spiro atoms. The van der Waals surface area contributed by atoms with E-state index in [4.69, 9.17) is 10.4 Å². The molecule has 0 aliphatic carbocycles. The van der Waals surface area contributed by atoms with Gasteiger partial charge >= 0.3 is 0 Å². The van der Waals surface area contributed by atoms with Gasteiger partial charge in [-0.2, -0.15) is 5.26 Å². The largest absolute Gasteiger partial charge is 0.396 e. The molecule has 0 aromatic rings. The number of nitriles is 1. The van der Waals surface area contributed by atoms with Crippen molar-refractivity contribution in [1.29, 1.82) is 5.26 Å². The van der Waals surface area contributed by atoms with Gasteiger partial charge < -0.3 is 21.1 Å². The molecule has 0 radical (unpaired) electrons. The van der Waals surface area contributed by atoms with E-state index >= 15 is 0 Å². The Labute approximate surface area is 135 Å². The zero-order chi connectivity index (χ0) is 17.1. The molecule has 4 N–H and O–H groups in total. The number of amides is 3. The van der Waals surface area contributed by atoms with Crippen molar-refractivity contribution in [1.82, 2.24) is 16.0 Å². The Bertz CT molecular complexity index is 461. The topological polar surface area (TPSA) is 131 Å². The van der Waals surface area contributed by atoms with E-state index < -0.39 is 11.9 Å². The maximum absolute atomic E-state index is 11.8. The van der Waals surface area contributed by atoms with Gasteiger partial charge in [0.15, 0.2) is 0 Å². The number of nitrogens with zero attached hydrogens (tertiary/aromatic N) is 1. The van der Waals surface area contributed by atoms with Gasteiger partial charge in [-0.05, 0) is 32.1 Å². The van der Waals surface area contributed by atoms with E-state index in [2.05, 4.69) is 16.0 Å². The fraction of sp³-hybridized carbons (Fsp3) is 0.733. The number of hydrogen-bond donors (Lipinski definition) is 4. The van der Waals surface area contributed by atoms with Crippen molar-refractivity contribution in [3.63, 3.8) is 0 Å². The third kappa shape index (κ3) is 7.61. The summed E-state index contributed by atoms with van der Waals surface area (Å²) in [5.41, 5.74) is 0. The maximum atomic E-state index is 11.8. The average Bonchev–Trinajstić information content (AvgIpc) is 2.54. The summed E-state index contributed by atoms with van der Waals surface area (Å²) in [4.78, 5) is 34.9. The highest BCUT2D eigenvalue weighted by Gasteiger charge is 2.26. The lowest BCUT2D eigenvalue weighted by Gasteiger charge is -2.23. The van der Waals surface area contributed by atoms with Gasteiger partial charge in [0.2, 0.25) is 17.7 Å². The molecule has 0 aromatic carbocycles. The lowest BCUT2D eigenvalue weighted by Crippen LogP contribution is -2.44. The van der Waals surface area contributed by atoms with Crippen LogP contribution in [0.5, 0.6) is 0 Å². The van der Waals surface area contributed by atoms with Crippen molar-refractivity contribution in [2.75, 3.05) is 19.7 Å². The molecule has 0 aromatic heterocycles. The highest BCUT2D eigenvalue weighted by atomic mass is 16.3. The zero-order valence-electron chi connectivity index (χ0n) is 13.1. The third-order valence-electron chi connectivity index (χ3n) is 3.67. The van der Waals surface area contributed by atoms with Gasteiger partial charge in [-0.25, -0.2) is 0 Å². The molecule has 8 heteroatoms. The Kier molecular flexibility index (Phi) is 8.68. The van der Waals surface area contributed by atoms with Gasteiger partial charge in [0.25, 0.3) is 0 Å². The minimum Gasteiger partial charge on any atom is -0.396 e. The van der Waals surface area contributed by atoms with Crippen molar-refractivity contribution in [2.45, 2.75) is 44.6 Å². The summed E-state index contributed by atoms with van der Waals surface area (Å²) in [6.07, 6.45) is 3.20. The minimum atomic E-state index is -0.748. The van der Waals surface area contributed by atoms with Crippen LogP contribution in [0.2, 0.25) is 0 Å². The first-order valence-electron chi connectivity index (χ1n) is 7.91. The van der Waals surface area contributed by atoms with Crippen LogP contribution < -0.4 is 16.0 Å². The molecule has 23 heavy (non-hydrogen) atoms. The summed E-state index contributed by atoms with van der Waals surface area (Å²) < 4.78 is 0. The number of hydrogen-bond acceptors (Lipinski definition) is 5. The van der Waals surface area contributed by atoms with Gasteiger partial charge in [0.1, 0.15) is 6.04 Å². The molecule has 1 rings (SSSR count). The molecule has 0 saturated carbocycles. The van der Waals surface area contributed by atoms with E-state index in [1.807, 2.05) is 6.07 Å². The van der Waals surface area contributed by atoms with E-state index in [0.717, 1.165) is 6.42 Å². The van der Waals surface area contributed by atoms with Gasteiger partial charge in [0.05, 0.1) is 12.6 Å². The van der Waals surface area contributed by atoms with Crippen LogP contribution in [0.4, 0.5) is 0 Å². The quantitative estimate of drug-likeness (QED) is 0.412. The van der Waals surface area contributed by atoms with Gasteiger partial charge in [-0.3, -0.25) is 14.4 Å². The summed E-state index contributed by atoms with van der Waals surface area (Å²) in [6.45, 7) is 0.487. The van der Waals surface area contributed by atoms with E-state index in [1.54, 1.807) is 0 Å².